The van der Waals surface area contributed by atoms with Crippen LogP contribution in [0.2, 0.25) is 0 Å². The summed E-state index contributed by atoms with van der Waals surface area (Å²) in [4.78, 5) is 0. The van der Waals surface area contributed by atoms with E-state index in [9.17, 15) is 8.42 Å². The zero-order valence-electron chi connectivity index (χ0n) is 10.9. The largest absolute Gasteiger partial charge is 0.313 e. The lowest BCUT2D eigenvalue weighted by atomic mass is 10.1. The third kappa shape index (κ3) is 3.99. The molecule has 0 amide bonds. The van der Waals surface area contributed by atoms with Gasteiger partial charge in [0.25, 0.3) is 0 Å². The first kappa shape index (κ1) is 13.4. The average Bonchev–Trinajstić information content (AvgIpc) is 3.06. The lowest BCUT2D eigenvalue weighted by Gasteiger charge is -2.11. The smallest absolute Gasteiger partial charge is 0.233 e. The molecule has 0 spiro atoms. The Morgan fingerprint density at radius 1 is 1.28 bits per heavy atom. The molecule has 5 heteroatoms. The van der Waals surface area contributed by atoms with E-state index in [-0.39, 0.29) is 5.75 Å². The Hall–Kier alpha value is -1.07. The summed E-state index contributed by atoms with van der Waals surface area (Å²) < 4.78 is 26.4. The van der Waals surface area contributed by atoms with Gasteiger partial charge in [-0.1, -0.05) is 17.7 Å². The van der Waals surface area contributed by atoms with Crippen LogP contribution in [0.15, 0.2) is 18.2 Å². The van der Waals surface area contributed by atoms with E-state index in [1.165, 1.54) is 12.8 Å². The van der Waals surface area contributed by atoms with Crippen LogP contribution >= 0.6 is 0 Å². The number of anilines is 1. The predicted molar refractivity (Wildman–Crippen MR) is 74.4 cm³/mol. The van der Waals surface area contributed by atoms with Gasteiger partial charge in [-0.2, -0.15) is 0 Å². The molecule has 2 rings (SSSR count). The quantitative estimate of drug-likeness (QED) is 0.827. The maximum Gasteiger partial charge on any atom is 0.233 e. The average molecular weight is 268 g/mol. The van der Waals surface area contributed by atoms with Gasteiger partial charge in [-0.3, -0.25) is 4.72 Å². The first-order valence-corrected chi connectivity index (χ1v) is 7.93. The van der Waals surface area contributed by atoms with Crippen LogP contribution in [0.25, 0.3) is 0 Å². The van der Waals surface area contributed by atoms with E-state index < -0.39 is 10.0 Å². The van der Waals surface area contributed by atoms with E-state index in [2.05, 4.69) is 10.0 Å². The summed E-state index contributed by atoms with van der Waals surface area (Å²) in [5, 5.41) is 3.20. The molecule has 0 heterocycles. The van der Waals surface area contributed by atoms with Gasteiger partial charge in [0.2, 0.25) is 10.0 Å². The second-order valence-electron chi connectivity index (χ2n) is 4.97. The lowest BCUT2D eigenvalue weighted by Crippen LogP contribution is -2.28. The van der Waals surface area contributed by atoms with Crippen LogP contribution < -0.4 is 10.0 Å². The summed E-state index contributed by atoms with van der Waals surface area (Å²) in [6.07, 6.45) is 2.34. The van der Waals surface area contributed by atoms with Crippen molar-refractivity contribution in [3.8, 4) is 0 Å². The number of benzene rings is 1. The molecule has 0 aromatic heterocycles. The molecule has 1 aliphatic rings. The molecule has 0 bridgehead atoms. The third-order valence-electron chi connectivity index (χ3n) is 3.03. The van der Waals surface area contributed by atoms with Crippen LogP contribution in [0.1, 0.15) is 24.0 Å². The standard InChI is InChI=1S/C13H20N2O2S/c1-10-3-6-13(11(2)9-10)15-18(16,17)8-7-14-12-4-5-12/h3,6,9,12,14-15H,4-5,7-8H2,1-2H3. The fourth-order valence-electron chi connectivity index (χ4n) is 1.83. The molecule has 2 N–H and O–H groups in total. The number of rotatable bonds is 6. The van der Waals surface area contributed by atoms with Crippen molar-refractivity contribution >= 4 is 15.7 Å². The van der Waals surface area contributed by atoms with E-state index in [1.807, 2.05) is 32.0 Å². The molecule has 100 valence electrons. The van der Waals surface area contributed by atoms with Crippen molar-refractivity contribution < 1.29 is 8.42 Å². The van der Waals surface area contributed by atoms with E-state index in [4.69, 9.17) is 0 Å². The summed E-state index contributed by atoms with van der Waals surface area (Å²) in [6, 6.07) is 6.24. The molecule has 0 atom stereocenters. The van der Waals surface area contributed by atoms with Crippen LogP contribution in [-0.4, -0.2) is 26.8 Å². The minimum Gasteiger partial charge on any atom is -0.313 e. The zero-order chi connectivity index (χ0) is 13.2. The van der Waals surface area contributed by atoms with Crippen molar-refractivity contribution in [2.45, 2.75) is 32.7 Å². The highest BCUT2D eigenvalue weighted by molar-refractivity contribution is 7.92. The fourth-order valence-corrected chi connectivity index (χ4v) is 2.88. The van der Waals surface area contributed by atoms with Crippen LogP contribution in [0, 0.1) is 13.8 Å². The third-order valence-corrected chi connectivity index (χ3v) is 4.30. The molecule has 1 aromatic carbocycles. The summed E-state index contributed by atoms with van der Waals surface area (Å²) in [6.45, 7) is 4.42. The summed E-state index contributed by atoms with van der Waals surface area (Å²) >= 11 is 0. The van der Waals surface area contributed by atoms with E-state index in [1.54, 1.807) is 0 Å². The van der Waals surface area contributed by atoms with Gasteiger partial charge in [0.15, 0.2) is 0 Å². The fraction of sp³-hybridized carbons (Fsp3) is 0.538. The first-order valence-electron chi connectivity index (χ1n) is 6.27. The van der Waals surface area contributed by atoms with Crippen molar-refractivity contribution in [2.75, 3.05) is 17.0 Å². The van der Waals surface area contributed by atoms with Crippen LogP contribution in [0.4, 0.5) is 5.69 Å². The van der Waals surface area contributed by atoms with E-state index >= 15 is 0 Å². The predicted octanol–water partition coefficient (Wildman–Crippen LogP) is 1.80. The summed E-state index contributed by atoms with van der Waals surface area (Å²) in [5.41, 5.74) is 2.76. The summed E-state index contributed by atoms with van der Waals surface area (Å²) in [5.74, 6) is 0.122. The van der Waals surface area contributed by atoms with Gasteiger partial charge in [0.1, 0.15) is 0 Å². The molecule has 0 aliphatic heterocycles. The maximum absolute atomic E-state index is 11.9. The Morgan fingerprint density at radius 2 is 2.00 bits per heavy atom. The molecule has 1 saturated carbocycles. The molecular weight excluding hydrogens is 248 g/mol. The van der Waals surface area contributed by atoms with Gasteiger partial charge in [0, 0.05) is 12.6 Å². The second kappa shape index (κ2) is 5.28. The highest BCUT2D eigenvalue weighted by Crippen LogP contribution is 2.19. The Morgan fingerprint density at radius 3 is 2.61 bits per heavy atom. The minimum absolute atomic E-state index is 0.122. The van der Waals surface area contributed by atoms with Crippen molar-refractivity contribution in [1.29, 1.82) is 0 Å². The first-order chi connectivity index (χ1) is 8.46. The second-order valence-corrected chi connectivity index (χ2v) is 6.81. The number of sulfonamides is 1. The molecule has 4 nitrogen and oxygen atoms in total. The Labute approximate surface area is 109 Å². The van der Waals surface area contributed by atoms with Crippen LogP contribution in [-0.2, 0) is 10.0 Å². The van der Waals surface area contributed by atoms with Gasteiger partial charge >= 0.3 is 0 Å². The Bertz CT molecular complexity index is 522. The van der Waals surface area contributed by atoms with Crippen LogP contribution in [0.3, 0.4) is 0 Å². The van der Waals surface area contributed by atoms with E-state index in [0.717, 1.165) is 11.1 Å². The number of nitrogens with one attached hydrogen (secondary N) is 2. The van der Waals surface area contributed by atoms with Crippen molar-refractivity contribution in [2.24, 2.45) is 0 Å². The van der Waals surface area contributed by atoms with Crippen LogP contribution in [0.5, 0.6) is 0 Å². The maximum atomic E-state index is 11.9. The molecule has 18 heavy (non-hydrogen) atoms. The highest BCUT2D eigenvalue weighted by Gasteiger charge is 2.21. The molecule has 1 aliphatic carbocycles. The minimum atomic E-state index is -3.25. The number of aryl methyl sites for hydroxylation is 2. The molecule has 0 radical (unpaired) electrons. The van der Waals surface area contributed by atoms with Gasteiger partial charge in [-0.25, -0.2) is 8.42 Å². The Kier molecular flexibility index (Phi) is 3.92. The zero-order valence-corrected chi connectivity index (χ0v) is 11.7. The SMILES string of the molecule is Cc1ccc(NS(=O)(=O)CCNC2CC2)c(C)c1. The van der Waals surface area contributed by atoms with Gasteiger partial charge < -0.3 is 5.32 Å². The normalized spacial score (nSPS) is 15.7. The number of hydrogen-bond donors (Lipinski definition) is 2. The van der Waals surface area contributed by atoms with Gasteiger partial charge in [-0.05, 0) is 38.3 Å². The van der Waals surface area contributed by atoms with Gasteiger partial charge in [0.05, 0.1) is 11.4 Å². The molecule has 0 saturated heterocycles. The Balaban J connectivity index is 1.93. The van der Waals surface area contributed by atoms with Crippen molar-refractivity contribution in [3.05, 3.63) is 29.3 Å². The molecule has 0 unspecified atom stereocenters. The van der Waals surface area contributed by atoms with Crippen molar-refractivity contribution in [3.63, 3.8) is 0 Å². The molecule has 1 aromatic rings. The summed E-state index contributed by atoms with van der Waals surface area (Å²) in [7, 11) is -3.25. The van der Waals surface area contributed by atoms with E-state index in [0.29, 0.717) is 18.3 Å². The monoisotopic (exact) mass is 268 g/mol. The topological polar surface area (TPSA) is 58.2 Å². The molecule has 1 fully saturated rings. The molecular formula is C13H20N2O2S. The number of hydrogen-bond acceptors (Lipinski definition) is 3. The van der Waals surface area contributed by atoms with Crippen molar-refractivity contribution in [1.82, 2.24) is 5.32 Å². The lowest BCUT2D eigenvalue weighted by molar-refractivity contribution is 0.595. The highest BCUT2D eigenvalue weighted by atomic mass is 32.2. The van der Waals surface area contributed by atoms with Gasteiger partial charge in [-0.15, -0.1) is 0 Å².